The summed E-state index contributed by atoms with van der Waals surface area (Å²) >= 11 is 0. The van der Waals surface area contributed by atoms with Crippen molar-refractivity contribution in [1.29, 1.82) is 5.41 Å². The Morgan fingerprint density at radius 1 is 1.24 bits per heavy atom. The molecule has 0 radical (unpaired) electrons. The first-order valence-corrected chi connectivity index (χ1v) is 5.59. The second kappa shape index (κ2) is 5.48. The van der Waals surface area contributed by atoms with E-state index in [0.29, 0.717) is 5.71 Å². The average molecular weight is 229 g/mol. The Kier molecular flexibility index (Phi) is 4.27. The van der Waals surface area contributed by atoms with Gasteiger partial charge in [0.1, 0.15) is 11.5 Å². The molecule has 1 N–H and O–H groups in total. The number of hydrogen-bond donors (Lipinski definition) is 1. The van der Waals surface area contributed by atoms with Crippen LogP contribution in [-0.4, -0.2) is 5.71 Å². The zero-order valence-corrected chi connectivity index (χ0v) is 10.9. The molecule has 0 saturated heterocycles. The molecule has 0 fully saturated rings. The maximum Gasteiger partial charge on any atom is 0.127 e. The molecule has 0 unspecified atom stereocenters. The molecule has 1 rings (SSSR count). The smallest absolute Gasteiger partial charge is 0.127 e. The Labute approximate surface area is 103 Å². The fraction of sp³-hybridized carbons (Fsp3) is 0.267. The van der Waals surface area contributed by atoms with Crippen LogP contribution in [-0.2, 0) is 0 Å². The van der Waals surface area contributed by atoms with Crippen LogP contribution < -0.4 is 4.74 Å². The summed E-state index contributed by atoms with van der Waals surface area (Å²) in [5.41, 5.74) is 3.73. The predicted octanol–water partition coefficient (Wildman–Crippen LogP) is 4.16. The third-order valence-electron chi connectivity index (χ3n) is 2.51. The molecule has 0 saturated carbocycles. The molecule has 1 aromatic rings. The summed E-state index contributed by atoms with van der Waals surface area (Å²) in [6, 6.07) is 3.92. The lowest BCUT2D eigenvalue weighted by Crippen LogP contribution is -2.01. The largest absolute Gasteiger partial charge is 0.462 e. The van der Waals surface area contributed by atoms with Gasteiger partial charge in [-0.25, -0.2) is 0 Å². The molecule has 17 heavy (non-hydrogen) atoms. The molecule has 0 aliphatic heterocycles. The highest BCUT2D eigenvalue weighted by molar-refractivity contribution is 5.99. The summed E-state index contributed by atoms with van der Waals surface area (Å²) in [6.45, 7) is 11.3. The van der Waals surface area contributed by atoms with Gasteiger partial charge in [0, 0.05) is 11.3 Å². The van der Waals surface area contributed by atoms with Crippen molar-refractivity contribution >= 4 is 5.71 Å². The van der Waals surface area contributed by atoms with Gasteiger partial charge >= 0.3 is 0 Å². The van der Waals surface area contributed by atoms with Gasteiger partial charge in [-0.2, -0.15) is 0 Å². The maximum absolute atomic E-state index is 7.73. The van der Waals surface area contributed by atoms with Crippen molar-refractivity contribution < 1.29 is 4.74 Å². The molecule has 90 valence electrons. The number of benzene rings is 1. The molecule has 0 amide bonds. The van der Waals surface area contributed by atoms with E-state index < -0.39 is 0 Å². The van der Waals surface area contributed by atoms with Crippen molar-refractivity contribution in [2.45, 2.75) is 27.7 Å². The van der Waals surface area contributed by atoms with Gasteiger partial charge in [0.15, 0.2) is 0 Å². The first-order chi connectivity index (χ1) is 7.95. The molecule has 0 aliphatic rings. The minimum Gasteiger partial charge on any atom is -0.462 e. The zero-order chi connectivity index (χ0) is 13.0. The van der Waals surface area contributed by atoms with Crippen LogP contribution >= 0.6 is 0 Å². The third-order valence-corrected chi connectivity index (χ3v) is 2.51. The number of ether oxygens (including phenoxy) is 1. The molecule has 0 aromatic heterocycles. The zero-order valence-electron chi connectivity index (χ0n) is 10.9. The Hall–Kier alpha value is -1.83. The second-order valence-electron chi connectivity index (χ2n) is 4.17. The summed E-state index contributed by atoms with van der Waals surface area (Å²) in [5, 5.41) is 7.73. The molecule has 2 heteroatoms. The normalized spacial score (nSPS) is 11.2. The lowest BCUT2D eigenvalue weighted by atomic mass is 9.99. The molecule has 0 bridgehead atoms. The van der Waals surface area contributed by atoms with Gasteiger partial charge in [0.25, 0.3) is 0 Å². The van der Waals surface area contributed by atoms with Crippen molar-refractivity contribution in [1.82, 2.24) is 0 Å². The predicted molar refractivity (Wildman–Crippen MR) is 73.0 cm³/mol. The fourth-order valence-corrected chi connectivity index (χ4v) is 1.96. The van der Waals surface area contributed by atoms with Gasteiger partial charge in [-0.15, -0.1) is 0 Å². The summed E-state index contributed by atoms with van der Waals surface area (Å²) in [5.74, 6) is 1.61. The van der Waals surface area contributed by atoms with Crippen molar-refractivity contribution in [2.75, 3.05) is 0 Å². The van der Waals surface area contributed by atoms with Crippen LogP contribution in [0.2, 0.25) is 0 Å². The van der Waals surface area contributed by atoms with Gasteiger partial charge in [-0.1, -0.05) is 12.7 Å². The number of rotatable bonds is 4. The molecular formula is C15H19NO. The van der Waals surface area contributed by atoms with E-state index in [0.717, 1.165) is 28.2 Å². The molecule has 0 aliphatic carbocycles. The number of hydrogen-bond acceptors (Lipinski definition) is 2. The van der Waals surface area contributed by atoms with E-state index in [4.69, 9.17) is 10.1 Å². The molecule has 0 spiro atoms. The summed E-state index contributed by atoms with van der Waals surface area (Å²) < 4.78 is 5.67. The summed E-state index contributed by atoms with van der Waals surface area (Å²) in [7, 11) is 0. The minimum absolute atomic E-state index is 0.588. The average Bonchev–Trinajstić information content (AvgIpc) is 2.15. The topological polar surface area (TPSA) is 33.1 Å². The Morgan fingerprint density at radius 2 is 1.76 bits per heavy atom. The van der Waals surface area contributed by atoms with Gasteiger partial charge < -0.3 is 10.1 Å². The Balaban J connectivity index is 3.11. The number of allylic oxidation sites excluding steroid dienone is 3. The van der Waals surface area contributed by atoms with Crippen LogP contribution in [0.1, 0.15) is 30.5 Å². The third kappa shape index (κ3) is 3.31. The van der Waals surface area contributed by atoms with Crippen LogP contribution in [0.25, 0.3) is 0 Å². The van der Waals surface area contributed by atoms with Crippen molar-refractivity contribution in [3.8, 4) is 5.75 Å². The first kappa shape index (κ1) is 13.2. The maximum atomic E-state index is 7.73. The van der Waals surface area contributed by atoms with E-state index in [9.17, 15) is 0 Å². The fourth-order valence-electron chi connectivity index (χ4n) is 1.96. The van der Waals surface area contributed by atoms with Crippen LogP contribution in [0.3, 0.4) is 0 Å². The molecule has 0 atom stereocenters. The SMILES string of the molecule is C=CC=C(C)Oc1cc(C)c(C(C)=N)c(C)c1. The Morgan fingerprint density at radius 3 is 2.18 bits per heavy atom. The minimum atomic E-state index is 0.588. The first-order valence-electron chi connectivity index (χ1n) is 5.59. The van der Waals surface area contributed by atoms with Gasteiger partial charge in [-0.3, -0.25) is 0 Å². The van der Waals surface area contributed by atoms with E-state index in [1.54, 1.807) is 13.0 Å². The molecular weight excluding hydrogens is 210 g/mol. The van der Waals surface area contributed by atoms with E-state index in [1.165, 1.54) is 0 Å². The van der Waals surface area contributed by atoms with E-state index >= 15 is 0 Å². The number of nitrogens with one attached hydrogen (secondary N) is 1. The Bertz CT molecular complexity index is 461. The highest BCUT2D eigenvalue weighted by Crippen LogP contribution is 2.23. The van der Waals surface area contributed by atoms with Crippen molar-refractivity contribution in [3.05, 3.63) is 53.3 Å². The van der Waals surface area contributed by atoms with Crippen molar-refractivity contribution in [3.63, 3.8) is 0 Å². The van der Waals surface area contributed by atoms with Crippen LogP contribution in [0.5, 0.6) is 5.75 Å². The second-order valence-corrected chi connectivity index (χ2v) is 4.17. The molecule has 2 nitrogen and oxygen atoms in total. The summed E-state index contributed by atoms with van der Waals surface area (Å²) in [6.07, 6.45) is 3.52. The molecule has 1 aromatic carbocycles. The lowest BCUT2D eigenvalue weighted by Gasteiger charge is -2.12. The van der Waals surface area contributed by atoms with E-state index in [-0.39, 0.29) is 0 Å². The van der Waals surface area contributed by atoms with E-state index in [1.807, 2.05) is 39.0 Å². The highest BCUT2D eigenvalue weighted by atomic mass is 16.5. The highest BCUT2D eigenvalue weighted by Gasteiger charge is 2.07. The van der Waals surface area contributed by atoms with Gasteiger partial charge in [0.05, 0.1) is 0 Å². The van der Waals surface area contributed by atoms with E-state index in [2.05, 4.69) is 6.58 Å². The number of aryl methyl sites for hydroxylation is 2. The standard InChI is InChI=1S/C15H19NO/c1-6-7-12(4)17-14-8-10(2)15(13(5)16)11(3)9-14/h6-9,16H,1H2,2-5H3. The van der Waals surface area contributed by atoms with Crippen LogP contribution in [0.15, 0.2) is 36.6 Å². The molecule has 0 heterocycles. The quantitative estimate of drug-likeness (QED) is 0.469. The van der Waals surface area contributed by atoms with Crippen molar-refractivity contribution in [2.24, 2.45) is 0 Å². The van der Waals surface area contributed by atoms with Gasteiger partial charge in [-0.05, 0) is 57.0 Å². The monoisotopic (exact) mass is 229 g/mol. The van der Waals surface area contributed by atoms with Crippen LogP contribution in [0.4, 0.5) is 0 Å². The lowest BCUT2D eigenvalue weighted by molar-refractivity contribution is 0.427. The van der Waals surface area contributed by atoms with Gasteiger partial charge in [0.2, 0.25) is 0 Å². The summed E-state index contributed by atoms with van der Waals surface area (Å²) in [4.78, 5) is 0. The van der Waals surface area contributed by atoms with Crippen LogP contribution in [0, 0.1) is 19.3 Å².